The van der Waals surface area contributed by atoms with Crippen molar-refractivity contribution in [3.05, 3.63) is 48.0 Å². The highest BCUT2D eigenvalue weighted by atomic mass is 19.4. The van der Waals surface area contributed by atoms with Crippen LogP contribution < -0.4 is 0 Å². The van der Waals surface area contributed by atoms with Crippen molar-refractivity contribution in [3.63, 3.8) is 0 Å². The molecule has 0 spiro atoms. The molecule has 0 saturated heterocycles. The molecule has 0 amide bonds. The molecule has 5 heteroatoms. The lowest BCUT2D eigenvalue weighted by molar-refractivity contribution is -0.0578. The third-order valence-corrected chi connectivity index (χ3v) is 2.45. The fraction of sp³-hybridized carbons (Fsp3) is 0.167. The SMILES string of the molecule is N#CC1(c2ccccc2)C=CC(C(F)(F)F)=N1. The Morgan fingerprint density at radius 2 is 1.82 bits per heavy atom. The molecule has 0 bridgehead atoms. The molecular weight excluding hydrogens is 229 g/mol. The minimum atomic E-state index is -4.52. The van der Waals surface area contributed by atoms with Crippen LogP contribution in [0.3, 0.4) is 0 Å². The second kappa shape index (κ2) is 3.74. The number of nitrogens with zero attached hydrogens (tertiary/aromatic N) is 2. The average molecular weight is 236 g/mol. The van der Waals surface area contributed by atoms with Gasteiger partial charge < -0.3 is 0 Å². The van der Waals surface area contributed by atoms with Gasteiger partial charge >= 0.3 is 6.18 Å². The van der Waals surface area contributed by atoms with Crippen molar-refractivity contribution in [2.75, 3.05) is 0 Å². The highest BCUT2D eigenvalue weighted by Gasteiger charge is 2.42. The van der Waals surface area contributed by atoms with Crippen molar-refractivity contribution >= 4 is 5.71 Å². The first-order valence-corrected chi connectivity index (χ1v) is 4.81. The lowest BCUT2D eigenvalue weighted by atomic mass is 9.93. The highest BCUT2D eigenvalue weighted by molar-refractivity contribution is 6.02. The van der Waals surface area contributed by atoms with Gasteiger partial charge in [0.25, 0.3) is 0 Å². The van der Waals surface area contributed by atoms with E-state index in [0.717, 1.165) is 6.08 Å². The zero-order valence-electron chi connectivity index (χ0n) is 8.57. The summed E-state index contributed by atoms with van der Waals surface area (Å²) in [4.78, 5) is 3.50. The van der Waals surface area contributed by atoms with Crippen LogP contribution in [-0.2, 0) is 5.54 Å². The van der Waals surface area contributed by atoms with Crippen molar-refractivity contribution in [3.8, 4) is 6.07 Å². The Bertz CT molecular complexity index is 523. The molecule has 1 aromatic carbocycles. The number of hydrogen-bond acceptors (Lipinski definition) is 2. The molecule has 0 radical (unpaired) electrons. The molecule has 1 aliphatic heterocycles. The molecule has 0 aromatic heterocycles. The molecule has 0 fully saturated rings. The molecule has 1 aromatic rings. The number of allylic oxidation sites excluding steroid dienone is 1. The smallest absolute Gasteiger partial charge is 0.249 e. The summed E-state index contributed by atoms with van der Waals surface area (Å²) in [5.41, 5.74) is -2.15. The van der Waals surface area contributed by atoms with E-state index in [1.165, 1.54) is 6.08 Å². The molecule has 0 saturated carbocycles. The number of hydrogen-bond donors (Lipinski definition) is 0. The fourth-order valence-electron chi connectivity index (χ4n) is 1.60. The maximum Gasteiger partial charge on any atom is 0.432 e. The summed E-state index contributed by atoms with van der Waals surface area (Å²) in [5.74, 6) is 0. The molecule has 1 aliphatic rings. The molecule has 17 heavy (non-hydrogen) atoms. The number of alkyl halides is 3. The van der Waals surface area contributed by atoms with Gasteiger partial charge in [-0.2, -0.15) is 18.4 Å². The minimum Gasteiger partial charge on any atom is -0.249 e. The summed E-state index contributed by atoms with van der Waals surface area (Å²) in [6, 6.07) is 10.0. The zero-order valence-corrected chi connectivity index (χ0v) is 8.57. The van der Waals surface area contributed by atoms with E-state index in [1.807, 2.05) is 6.07 Å². The Hall–Kier alpha value is -2.09. The quantitative estimate of drug-likeness (QED) is 0.738. The minimum absolute atomic E-state index is 0.429. The van der Waals surface area contributed by atoms with E-state index in [4.69, 9.17) is 5.26 Å². The summed E-state index contributed by atoms with van der Waals surface area (Å²) < 4.78 is 37.4. The van der Waals surface area contributed by atoms with Crippen LogP contribution >= 0.6 is 0 Å². The molecular formula is C12H7F3N2. The Labute approximate surface area is 95.7 Å². The van der Waals surface area contributed by atoms with Gasteiger partial charge in [-0.05, 0) is 17.7 Å². The van der Waals surface area contributed by atoms with E-state index in [-0.39, 0.29) is 0 Å². The number of rotatable bonds is 1. The number of halogens is 3. The Balaban J connectivity index is 2.49. The Morgan fingerprint density at radius 3 is 2.29 bits per heavy atom. The fourth-order valence-corrected chi connectivity index (χ4v) is 1.60. The zero-order chi connectivity index (χ0) is 12.5. The number of aliphatic imine (C=N–C) groups is 1. The highest BCUT2D eigenvalue weighted by Crippen LogP contribution is 2.34. The van der Waals surface area contributed by atoms with Crippen LogP contribution in [-0.4, -0.2) is 11.9 Å². The van der Waals surface area contributed by atoms with Gasteiger partial charge in [-0.15, -0.1) is 0 Å². The molecule has 86 valence electrons. The molecule has 0 N–H and O–H groups in total. The monoisotopic (exact) mass is 236 g/mol. The lowest BCUT2D eigenvalue weighted by Gasteiger charge is -2.15. The summed E-state index contributed by atoms with van der Waals surface area (Å²) >= 11 is 0. The van der Waals surface area contributed by atoms with Crippen LogP contribution in [0.2, 0.25) is 0 Å². The maximum absolute atomic E-state index is 12.5. The van der Waals surface area contributed by atoms with Crippen molar-refractivity contribution in [1.29, 1.82) is 5.26 Å². The van der Waals surface area contributed by atoms with Crippen LogP contribution in [0.25, 0.3) is 0 Å². The van der Waals surface area contributed by atoms with E-state index < -0.39 is 17.4 Å². The summed E-state index contributed by atoms with van der Waals surface area (Å²) in [6.45, 7) is 0. The first-order chi connectivity index (χ1) is 7.98. The molecule has 0 aliphatic carbocycles. The predicted molar refractivity (Wildman–Crippen MR) is 56.4 cm³/mol. The maximum atomic E-state index is 12.5. The van der Waals surface area contributed by atoms with Gasteiger partial charge in [0.15, 0.2) is 5.54 Å². The van der Waals surface area contributed by atoms with Gasteiger partial charge in [-0.25, -0.2) is 4.99 Å². The molecule has 2 nitrogen and oxygen atoms in total. The van der Waals surface area contributed by atoms with Gasteiger partial charge in [0.05, 0.1) is 0 Å². The van der Waals surface area contributed by atoms with Gasteiger partial charge in [0.2, 0.25) is 0 Å². The third-order valence-electron chi connectivity index (χ3n) is 2.45. The standard InChI is InChI=1S/C12H7F3N2/c13-12(14,15)10-6-7-11(8-16,17-10)9-4-2-1-3-5-9/h1-7H. The van der Waals surface area contributed by atoms with Crippen LogP contribution in [0, 0.1) is 11.3 Å². The first-order valence-electron chi connectivity index (χ1n) is 4.81. The van der Waals surface area contributed by atoms with Crippen molar-refractivity contribution < 1.29 is 13.2 Å². The molecule has 2 rings (SSSR count). The normalized spacial score (nSPS) is 23.3. The number of benzene rings is 1. The molecule has 1 atom stereocenters. The topological polar surface area (TPSA) is 36.1 Å². The second-order valence-electron chi connectivity index (χ2n) is 3.57. The van der Waals surface area contributed by atoms with Gasteiger partial charge in [-0.1, -0.05) is 30.3 Å². The van der Waals surface area contributed by atoms with Gasteiger partial charge in [0.1, 0.15) is 11.8 Å². The van der Waals surface area contributed by atoms with Crippen molar-refractivity contribution in [2.45, 2.75) is 11.7 Å². The van der Waals surface area contributed by atoms with E-state index in [9.17, 15) is 13.2 Å². The Kier molecular flexibility index (Phi) is 2.50. The van der Waals surface area contributed by atoms with E-state index in [2.05, 4.69) is 4.99 Å². The van der Waals surface area contributed by atoms with Crippen LogP contribution in [0.4, 0.5) is 13.2 Å². The lowest BCUT2D eigenvalue weighted by Crippen LogP contribution is -2.22. The van der Waals surface area contributed by atoms with Crippen LogP contribution in [0.5, 0.6) is 0 Å². The van der Waals surface area contributed by atoms with Crippen molar-refractivity contribution in [2.24, 2.45) is 4.99 Å². The molecule has 1 unspecified atom stereocenters. The largest absolute Gasteiger partial charge is 0.432 e. The third kappa shape index (κ3) is 1.94. The van der Waals surface area contributed by atoms with Crippen molar-refractivity contribution in [1.82, 2.24) is 0 Å². The van der Waals surface area contributed by atoms with E-state index in [0.29, 0.717) is 5.56 Å². The summed E-state index contributed by atoms with van der Waals surface area (Å²) in [6.07, 6.45) is -2.51. The van der Waals surface area contributed by atoms with Crippen LogP contribution in [0.15, 0.2) is 47.5 Å². The Morgan fingerprint density at radius 1 is 1.18 bits per heavy atom. The average Bonchev–Trinajstić information content (AvgIpc) is 2.75. The predicted octanol–water partition coefficient (Wildman–Crippen LogP) is 2.98. The van der Waals surface area contributed by atoms with Gasteiger partial charge in [-0.3, -0.25) is 0 Å². The van der Waals surface area contributed by atoms with E-state index in [1.54, 1.807) is 30.3 Å². The molecule has 1 heterocycles. The summed E-state index contributed by atoms with van der Waals surface area (Å²) in [7, 11) is 0. The second-order valence-corrected chi connectivity index (χ2v) is 3.57. The van der Waals surface area contributed by atoms with E-state index >= 15 is 0 Å². The number of nitriles is 1. The first kappa shape index (κ1) is 11.4. The summed E-state index contributed by atoms with van der Waals surface area (Å²) in [5, 5.41) is 9.08. The van der Waals surface area contributed by atoms with Crippen LogP contribution in [0.1, 0.15) is 5.56 Å². The van der Waals surface area contributed by atoms with Gasteiger partial charge in [0, 0.05) is 0 Å².